The van der Waals surface area contributed by atoms with E-state index in [4.69, 9.17) is 4.98 Å². The van der Waals surface area contributed by atoms with E-state index in [9.17, 15) is 0 Å². The Morgan fingerprint density at radius 1 is 1.35 bits per heavy atom. The number of aryl methyl sites for hydroxylation is 1. The molecule has 1 aromatic heterocycles. The molecule has 2 heterocycles. The molecule has 1 aromatic rings. The standard InChI is InChI=1S/C16H28N4/c1-4-5-6-9-17-16-18-14(3)11-15(19-16)20-10-7-8-13(2)12-20/h11,13H,4-10,12H2,1-3H3,(H,17,18,19). The Hall–Kier alpha value is -1.32. The van der Waals surface area contributed by atoms with Crippen LogP contribution in [0.15, 0.2) is 6.07 Å². The van der Waals surface area contributed by atoms with Crippen LogP contribution in [0.4, 0.5) is 11.8 Å². The topological polar surface area (TPSA) is 41.1 Å². The molecule has 20 heavy (non-hydrogen) atoms. The zero-order chi connectivity index (χ0) is 14.4. The van der Waals surface area contributed by atoms with Gasteiger partial charge in [-0.2, -0.15) is 4.98 Å². The third kappa shape index (κ3) is 4.36. The van der Waals surface area contributed by atoms with Crippen LogP contribution in [-0.4, -0.2) is 29.6 Å². The largest absolute Gasteiger partial charge is 0.356 e. The summed E-state index contributed by atoms with van der Waals surface area (Å²) in [6.07, 6.45) is 6.29. The molecular weight excluding hydrogens is 248 g/mol. The molecule has 1 fully saturated rings. The average molecular weight is 276 g/mol. The van der Waals surface area contributed by atoms with Crippen LogP contribution >= 0.6 is 0 Å². The summed E-state index contributed by atoms with van der Waals surface area (Å²) in [6.45, 7) is 9.80. The Kier molecular flexibility index (Phi) is 5.62. The minimum Gasteiger partial charge on any atom is -0.356 e. The summed E-state index contributed by atoms with van der Waals surface area (Å²) in [5, 5.41) is 3.36. The molecule has 1 saturated heterocycles. The van der Waals surface area contributed by atoms with E-state index in [2.05, 4.69) is 42.0 Å². The molecule has 1 unspecified atom stereocenters. The normalized spacial score (nSPS) is 19.1. The Labute approximate surface area is 123 Å². The van der Waals surface area contributed by atoms with Gasteiger partial charge in [-0.05, 0) is 32.1 Å². The third-order valence-corrected chi connectivity index (χ3v) is 3.89. The molecule has 0 bridgehead atoms. The predicted octanol–water partition coefficient (Wildman–Crippen LogP) is 3.62. The SMILES string of the molecule is CCCCCNc1nc(C)cc(N2CCCC(C)C2)n1. The number of unbranched alkanes of at least 4 members (excludes halogenated alkanes) is 2. The zero-order valence-electron chi connectivity index (χ0n) is 13.2. The summed E-state index contributed by atoms with van der Waals surface area (Å²) in [5.74, 6) is 2.64. The second kappa shape index (κ2) is 7.46. The number of nitrogens with one attached hydrogen (secondary N) is 1. The van der Waals surface area contributed by atoms with Gasteiger partial charge in [0.1, 0.15) is 5.82 Å². The zero-order valence-corrected chi connectivity index (χ0v) is 13.2. The number of hydrogen-bond acceptors (Lipinski definition) is 4. The van der Waals surface area contributed by atoms with Crippen molar-refractivity contribution in [3.63, 3.8) is 0 Å². The summed E-state index contributed by atoms with van der Waals surface area (Å²) < 4.78 is 0. The van der Waals surface area contributed by atoms with Gasteiger partial charge < -0.3 is 10.2 Å². The van der Waals surface area contributed by atoms with Gasteiger partial charge in [0.2, 0.25) is 5.95 Å². The first-order valence-electron chi connectivity index (χ1n) is 8.03. The quantitative estimate of drug-likeness (QED) is 0.806. The van der Waals surface area contributed by atoms with E-state index in [-0.39, 0.29) is 0 Å². The minimum absolute atomic E-state index is 0.764. The maximum Gasteiger partial charge on any atom is 0.224 e. The molecule has 0 aromatic carbocycles. The Morgan fingerprint density at radius 2 is 2.20 bits per heavy atom. The smallest absolute Gasteiger partial charge is 0.224 e. The first-order valence-corrected chi connectivity index (χ1v) is 8.03. The van der Waals surface area contributed by atoms with Crippen LogP contribution in [0, 0.1) is 12.8 Å². The van der Waals surface area contributed by atoms with E-state index in [1.165, 1.54) is 32.1 Å². The van der Waals surface area contributed by atoms with Gasteiger partial charge in [-0.15, -0.1) is 0 Å². The van der Waals surface area contributed by atoms with Crippen LogP contribution in [0.2, 0.25) is 0 Å². The number of piperidine rings is 1. The van der Waals surface area contributed by atoms with Gasteiger partial charge in [0.15, 0.2) is 0 Å². The van der Waals surface area contributed by atoms with Gasteiger partial charge in [-0.3, -0.25) is 0 Å². The van der Waals surface area contributed by atoms with Crippen LogP contribution in [0.1, 0.15) is 51.6 Å². The highest BCUT2D eigenvalue weighted by Crippen LogP contribution is 2.22. The van der Waals surface area contributed by atoms with E-state index < -0.39 is 0 Å². The molecule has 0 aliphatic carbocycles. The molecule has 4 nitrogen and oxygen atoms in total. The number of anilines is 2. The molecule has 1 N–H and O–H groups in total. The first-order chi connectivity index (χ1) is 9.69. The highest BCUT2D eigenvalue weighted by atomic mass is 15.2. The molecule has 1 atom stereocenters. The van der Waals surface area contributed by atoms with Crippen LogP contribution in [0.25, 0.3) is 0 Å². The third-order valence-electron chi connectivity index (χ3n) is 3.89. The monoisotopic (exact) mass is 276 g/mol. The van der Waals surface area contributed by atoms with Crippen molar-refractivity contribution in [2.45, 2.75) is 52.9 Å². The van der Waals surface area contributed by atoms with E-state index in [0.29, 0.717) is 0 Å². The van der Waals surface area contributed by atoms with Crippen molar-refractivity contribution in [1.82, 2.24) is 9.97 Å². The van der Waals surface area contributed by atoms with Gasteiger partial charge in [-0.25, -0.2) is 4.98 Å². The molecular formula is C16H28N4. The van der Waals surface area contributed by atoms with Crippen molar-refractivity contribution in [2.24, 2.45) is 5.92 Å². The van der Waals surface area contributed by atoms with Crippen molar-refractivity contribution in [2.75, 3.05) is 29.9 Å². The van der Waals surface area contributed by atoms with Gasteiger partial charge >= 0.3 is 0 Å². The van der Waals surface area contributed by atoms with Gasteiger partial charge in [-0.1, -0.05) is 26.7 Å². The van der Waals surface area contributed by atoms with Gasteiger partial charge in [0.25, 0.3) is 0 Å². The van der Waals surface area contributed by atoms with E-state index >= 15 is 0 Å². The van der Waals surface area contributed by atoms with Crippen molar-refractivity contribution >= 4 is 11.8 Å². The summed E-state index contributed by atoms with van der Waals surface area (Å²) in [7, 11) is 0. The van der Waals surface area contributed by atoms with Gasteiger partial charge in [0, 0.05) is 31.4 Å². The van der Waals surface area contributed by atoms with Crippen LogP contribution in [0.5, 0.6) is 0 Å². The Balaban J connectivity index is 2.00. The van der Waals surface area contributed by atoms with Crippen molar-refractivity contribution < 1.29 is 0 Å². The fourth-order valence-electron chi connectivity index (χ4n) is 2.77. The van der Waals surface area contributed by atoms with E-state index in [1.54, 1.807) is 0 Å². The van der Waals surface area contributed by atoms with Crippen molar-refractivity contribution in [3.8, 4) is 0 Å². The molecule has 0 radical (unpaired) electrons. The van der Waals surface area contributed by atoms with Crippen molar-refractivity contribution in [1.29, 1.82) is 0 Å². The fourth-order valence-corrected chi connectivity index (χ4v) is 2.77. The molecule has 1 aliphatic rings. The second-order valence-corrected chi connectivity index (χ2v) is 6.02. The summed E-state index contributed by atoms with van der Waals surface area (Å²) >= 11 is 0. The number of aromatic nitrogens is 2. The molecule has 0 saturated carbocycles. The lowest BCUT2D eigenvalue weighted by atomic mass is 10.0. The second-order valence-electron chi connectivity index (χ2n) is 6.02. The first kappa shape index (κ1) is 15.1. The molecule has 2 rings (SSSR count). The Morgan fingerprint density at radius 3 is 2.95 bits per heavy atom. The molecule has 0 amide bonds. The maximum atomic E-state index is 4.69. The van der Waals surface area contributed by atoms with Crippen LogP contribution in [-0.2, 0) is 0 Å². The van der Waals surface area contributed by atoms with E-state index in [0.717, 1.165) is 43.0 Å². The fraction of sp³-hybridized carbons (Fsp3) is 0.750. The van der Waals surface area contributed by atoms with Crippen LogP contribution in [0.3, 0.4) is 0 Å². The highest BCUT2D eigenvalue weighted by Gasteiger charge is 2.18. The minimum atomic E-state index is 0.764. The summed E-state index contributed by atoms with van der Waals surface area (Å²) in [6, 6.07) is 2.11. The molecule has 1 aliphatic heterocycles. The van der Waals surface area contributed by atoms with Gasteiger partial charge in [0.05, 0.1) is 0 Å². The lowest BCUT2D eigenvalue weighted by molar-refractivity contribution is 0.444. The summed E-state index contributed by atoms with van der Waals surface area (Å²) in [4.78, 5) is 11.6. The Bertz CT molecular complexity index is 419. The lowest BCUT2D eigenvalue weighted by Gasteiger charge is -2.32. The molecule has 4 heteroatoms. The highest BCUT2D eigenvalue weighted by molar-refractivity contribution is 5.45. The summed E-state index contributed by atoms with van der Waals surface area (Å²) in [5.41, 5.74) is 1.05. The number of nitrogens with zero attached hydrogens (tertiary/aromatic N) is 3. The molecule has 0 spiro atoms. The number of rotatable bonds is 6. The molecule has 112 valence electrons. The maximum absolute atomic E-state index is 4.69. The average Bonchev–Trinajstić information content (AvgIpc) is 2.43. The van der Waals surface area contributed by atoms with Crippen LogP contribution < -0.4 is 10.2 Å². The van der Waals surface area contributed by atoms with Crippen molar-refractivity contribution in [3.05, 3.63) is 11.8 Å². The number of hydrogen-bond donors (Lipinski definition) is 1. The predicted molar refractivity (Wildman–Crippen MR) is 85.4 cm³/mol. The van der Waals surface area contributed by atoms with E-state index in [1.807, 2.05) is 0 Å². The lowest BCUT2D eigenvalue weighted by Crippen LogP contribution is -2.35.